The molecule has 1 N–H and O–H groups in total. The van der Waals surface area contributed by atoms with Gasteiger partial charge < -0.3 is 10.1 Å². The second kappa shape index (κ2) is 6.34. The monoisotopic (exact) mass is 269 g/mol. The summed E-state index contributed by atoms with van der Waals surface area (Å²) in [7, 11) is 0. The molecule has 100 valence electrons. The third-order valence-corrected chi connectivity index (χ3v) is 3.06. The zero-order chi connectivity index (χ0) is 13.0. The molecule has 1 aromatic rings. The SMILES string of the molecule is CC(C)Cc1nc(Cl)cc(NCC2CCCO2)n1. The molecule has 1 saturated heterocycles. The van der Waals surface area contributed by atoms with Gasteiger partial charge in [0.1, 0.15) is 16.8 Å². The first-order valence-electron chi connectivity index (χ1n) is 6.52. The highest BCUT2D eigenvalue weighted by molar-refractivity contribution is 6.29. The van der Waals surface area contributed by atoms with Gasteiger partial charge in [0.05, 0.1) is 6.10 Å². The van der Waals surface area contributed by atoms with Crippen LogP contribution in [0.5, 0.6) is 0 Å². The second-order valence-electron chi connectivity index (χ2n) is 5.11. The Morgan fingerprint density at radius 2 is 2.33 bits per heavy atom. The van der Waals surface area contributed by atoms with Crippen LogP contribution >= 0.6 is 11.6 Å². The van der Waals surface area contributed by atoms with Gasteiger partial charge in [-0.2, -0.15) is 0 Å². The van der Waals surface area contributed by atoms with Crippen LogP contribution in [0.1, 0.15) is 32.5 Å². The number of halogens is 1. The molecule has 0 aliphatic carbocycles. The normalized spacial score (nSPS) is 19.4. The van der Waals surface area contributed by atoms with E-state index >= 15 is 0 Å². The minimum atomic E-state index is 0.298. The molecule has 0 amide bonds. The summed E-state index contributed by atoms with van der Waals surface area (Å²) in [6.45, 7) is 5.94. The fraction of sp³-hybridized carbons (Fsp3) is 0.692. The smallest absolute Gasteiger partial charge is 0.134 e. The van der Waals surface area contributed by atoms with Crippen LogP contribution in [-0.2, 0) is 11.2 Å². The molecular formula is C13H20ClN3O. The first kappa shape index (κ1) is 13.6. The summed E-state index contributed by atoms with van der Waals surface area (Å²) in [6.07, 6.45) is 3.40. The number of ether oxygens (including phenoxy) is 1. The number of hydrogen-bond donors (Lipinski definition) is 1. The van der Waals surface area contributed by atoms with E-state index in [1.54, 1.807) is 6.07 Å². The van der Waals surface area contributed by atoms with Gasteiger partial charge >= 0.3 is 0 Å². The topological polar surface area (TPSA) is 47.0 Å². The van der Waals surface area contributed by atoms with Crippen molar-refractivity contribution in [2.45, 2.75) is 39.2 Å². The fourth-order valence-electron chi connectivity index (χ4n) is 2.04. The van der Waals surface area contributed by atoms with Crippen molar-refractivity contribution in [3.8, 4) is 0 Å². The zero-order valence-corrected chi connectivity index (χ0v) is 11.7. The van der Waals surface area contributed by atoms with E-state index in [0.717, 1.165) is 44.1 Å². The minimum Gasteiger partial charge on any atom is -0.376 e. The third-order valence-electron chi connectivity index (χ3n) is 2.87. The molecule has 1 atom stereocenters. The van der Waals surface area contributed by atoms with Crippen LogP contribution < -0.4 is 5.32 Å². The van der Waals surface area contributed by atoms with Crippen LogP contribution in [0.15, 0.2) is 6.07 Å². The Morgan fingerprint density at radius 3 is 3.00 bits per heavy atom. The molecule has 1 aliphatic rings. The lowest BCUT2D eigenvalue weighted by Gasteiger charge is -2.12. The zero-order valence-electron chi connectivity index (χ0n) is 10.9. The lowest BCUT2D eigenvalue weighted by molar-refractivity contribution is 0.120. The van der Waals surface area contributed by atoms with E-state index in [2.05, 4.69) is 29.1 Å². The van der Waals surface area contributed by atoms with Gasteiger partial charge in [0.2, 0.25) is 0 Å². The number of nitrogens with one attached hydrogen (secondary N) is 1. The summed E-state index contributed by atoms with van der Waals surface area (Å²) in [5.41, 5.74) is 0. The molecule has 4 nitrogen and oxygen atoms in total. The van der Waals surface area contributed by atoms with Crippen LogP contribution in [0.3, 0.4) is 0 Å². The molecule has 1 fully saturated rings. The van der Waals surface area contributed by atoms with E-state index in [4.69, 9.17) is 16.3 Å². The van der Waals surface area contributed by atoms with Crippen molar-refractivity contribution in [1.82, 2.24) is 9.97 Å². The number of hydrogen-bond acceptors (Lipinski definition) is 4. The summed E-state index contributed by atoms with van der Waals surface area (Å²) in [6, 6.07) is 1.76. The Labute approximate surface area is 113 Å². The first-order valence-corrected chi connectivity index (χ1v) is 6.90. The molecule has 1 aliphatic heterocycles. The van der Waals surface area contributed by atoms with E-state index < -0.39 is 0 Å². The summed E-state index contributed by atoms with van der Waals surface area (Å²) < 4.78 is 5.56. The maximum Gasteiger partial charge on any atom is 0.134 e. The number of rotatable bonds is 5. The number of aromatic nitrogens is 2. The standard InChI is InChI=1S/C13H20ClN3O/c1-9(2)6-13-16-11(14)7-12(17-13)15-8-10-4-3-5-18-10/h7,9-10H,3-6,8H2,1-2H3,(H,15,16,17). The van der Waals surface area contributed by atoms with E-state index in [0.29, 0.717) is 17.2 Å². The highest BCUT2D eigenvalue weighted by atomic mass is 35.5. The van der Waals surface area contributed by atoms with Crippen LogP contribution in [-0.4, -0.2) is 29.2 Å². The molecule has 18 heavy (non-hydrogen) atoms. The Balaban J connectivity index is 1.96. The molecule has 0 aromatic carbocycles. The van der Waals surface area contributed by atoms with Gasteiger partial charge in [-0.25, -0.2) is 9.97 Å². The van der Waals surface area contributed by atoms with Crippen molar-refractivity contribution < 1.29 is 4.74 Å². The van der Waals surface area contributed by atoms with Crippen molar-refractivity contribution in [1.29, 1.82) is 0 Å². The molecule has 1 unspecified atom stereocenters. The van der Waals surface area contributed by atoms with E-state index in [9.17, 15) is 0 Å². The third kappa shape index (κ3) is 4.10. The average molecular weight is 270 g/mol. The molecular weight excluding hydrogens is 250 g/mol. The molecule has 0 radical (unpaired) electrons. The molecule has 5 heteroatoms. The Hall–Kier alpha value is -0.870. The van der Waals surface area contributed by atoms with Gasteiger partial charge in [0.15, 0.2) is 0 Å². The van der Waals surface area contributed by atoms with Crippen molar-refractivity contribution >= 4 is 17.4 Å². The van der Waals surface area contributed by atoms with Crippen molar-refractivity contribution in [3.63, 3.8) is 0 Å². The molecule has 2 rings (SSSR count). The Kier molecular flexibility index (Phi) is 4.78. The quantitative estimate of drug-likeness (QED) is 0.835. The van der Waals surface area contributed by atoms with Crippen molar-refractivity contribution in [2.75, 3.05) is 18.5 Å². The maximum atomic E-state index is 6.01. The van der Waals surface area contributed by atoms with E-state index in [-0.39, 0.29) is 0 Å². The predicted octanol–water partition coefficient (Wildman–Crippen LogP) is 2.92. The summed E-state index contributed by atoms with van der Waals surface area (Å²) >= 11 is 6.01. The first-order chi connectivity index (χ1) is 8.63. The molecule has 0 spiro atoms. The Morgan fingerprint density at radius 1 is 1.50 bits per heavy atom. The minimum absolute atomic E-state index is 0.298. The van der Waals surface area contributed by atoms with Crippen molar-refractivity contribution in [3.05, 3.63) is 17.0 Å². The summed E-state index contributed by atoms with van der Waals surface area (Å²) in [5, 5.41) is 3.78. The van der Waals surface area contributed by atoms with Gasteiger partial charge in [0.25, 0.3) is 0 Å². The second-order valence-corrected chi connectivity index (χ2v) is 5.49. The number of nitrogens with zero attached hydrogens (tertiary/aromatic N) is 2. The number of anilines is 1. The molecule has 1 aromatic heterocycles. The molecule has 0 saturated carbocycles. The van der Waals surface area contributed by atoms with E-state index in [1.807, 2.05) is 0 Å². The predicted molar refractivity (Wildman–Crippen MR) is 73.0 cm³/mol. The Bertz CT molecular complexity index is 392. The lowest BCUT2D eigenvalue weighted by Crippen LogP contribution is -2.19. The van der Waals surface area contributed by atoms with Crippen LogP contribution in [0.2, 0.25) is 5.15 Å². The molecule has 0 bridgehead atoms. The summed E-state index contributed by atoms with van der Waals surface area (Å²) in [4.78, 5) is 8.71. The van der Waals surface area contributed by atoms with Crippen molar-refractivity contribution in [2.24, 2.45) is 5.92 Å². The van der Waals surface area contributed by atoms with Gasteiger partial charge in [-0.3, -0.25) is 0 Å². The lowest BCUT2D eigenvalue weighted by atomic mass is 10.1. The van der Waals surface area contributed by atoms with Crippen LogP contribution in [0.25, 0.3) is 0 Å². The fourth-order valence-corrected chi connectivity index (χ4v) is 2.24. The highest BCUT2D eigenvalue weighted by Crippen LogP contribution is 2.16. The van der Waals surface area contributed by atoms with Gasteiger partial charge in [0, 0.05) is 25.6 Å². The van der Waals surface area contributed by atoms with Gasteiger partial charge in [-0.15, -0.1) is 0 Å². The largest absolute Gasteiger partial charge is 0.376 e. The highest BCUT2D eigenvalue weighted by Gasteiger charge is 2.15. The molecule has 2 heterocycles. The summed E-state index contributed by atoms with van der Waals surface area (Å²) in [5.74, 6) is 2.11. The van der Waals surface area contributed by atoms with Gasteiger partial charge in [-0.05, 0) is 18.8 Å². The van der Waals surface area contributed by atoms with Crippen LogP contribution in [0, 0.1) is 5.92 Å². The van der Waals surface area contributed by atoms with Crippen LogP contribution in [0.4, 0.5) is 5.82 Å². The maximum absolute atomic E-state index is 6.01. The van der Waals surface area contributed by atoms with Gasteiger partial charge in [-0.1, -0.05) is 25.4 Å². The average Bonchev–Trinajstić information content (AvgIpc) is 2.77. The van der Waals surface area contributed by atoms with E-state index in [1.165, 1.54) is 0 Å².